The highest BCUT2D eigenvalue weighted by molar-refractivity contribution is 6.29. The molecule has 1 aromatic carbocycles. The third kappa shape index (κ3) is 4.55. The fourth-order valence-electron chi connectivity index (χ4n) is 2.20. The van der Waals surface area contributed by atoms with Crippen LogP contribution in [0.4, 0.5) is 13.2 Å². The lowest BCUT2D eigenvalue weighted by atomic mass is 10.2. The van der Waals surface area contributed by atoms with Gasteiger partial charge in [0.15, 0.2) is 0 Å². The minimum absolute atomic E-state index is 0.291. The summed E-state index contributed by atoms with van der Waals surface area (Å²) in [5.41, 5.74) is 2.60. The molecule has 4 nitrogen and oxygen atoms in total. The molecule has 0 radical (unpaired) electrons. The van der Waals surface area contributed by atoms with E-state index in [4.69, 9.17) is 11.6 Å². The lowest BCUT2D eigenvalue weighted by molar-refractivity contribution is -0.274. The number of hydrogen-bond donors (Lipinski definition) is 0. The number of benzene rings is 1. The van der Waals surface area contributed by atoms with Crippen LogP contribution in [0.1, 0.15) is 17.0 Å². The Morgan fingerprint density at radius 2 is 1.81 bits per heavy atom. The quantitative estimate of drug-likeness (QED) is 0.486. The Hall–Kier alpha value is -2.98. The predicted octanol–water partition coefficient (Wildman–Crippen LogP) is 4.53. The van der Waals surface area contributed by atoms with Crippen LogP contribution >= 0.6 is 11.6 Å². The van der Waals surface area contributed by atoms with E-state index in [0.29, 0.717) is 22.1 Å². The van der Waals surface area contributed by atoms with Crippen molar-refractivity contribution in [1.29, 1.82) is 0 Å². The minimum atomic E-state index is -4.72. The molecular weight excluding hydrogens is 367 g/mol. The smallest absolute Gasteiger partial charge is 0.406 e. The van der Waals surface area contributed by atoms with E-state index < -0.39 is 6.36 Å². The van der Waals surface area contributed by atoms with Crippen LogP contribution in [-0.4, -0.2) is 21.1 Å². The van der Waals surface area contributed by atoms with E-state index in [2.05, 4.69) is 26.7 Å². The van der Waals surface area contributed by atoms with Gasteiger partial charge in [-0.15, -0.1) is 13.2 Å². The van der Waals surface area contributed by atoms with Gasteiger partial charge in [0.05, 0.1) is 5.69 Å². The molecular formula is C18H11ClF3N3O. The molecule has 2 heterocycles. The molecule has 132 valence electrons. The average Bonchev–Trinajstić information content (AvgIpc) is 2.93. The number of rotatable bonds is 2. The zero-order chi connectivity index (χ0) is 18.7. The summed E-state index contributed by atoms with van der Waals surface area (Å²) in [6.45, 7) is 1.82. The first kappa shape index (κ1) is 17.8. The second-order valence-electron chi connectivity index (χ2n) is 5.24. The normalized spacial score (nSPS) is 11.0. The Bertz CT molecular complexity index is 985. The number of aromatic nitrogens is 3. The van der Waals surface area contributed by atoms with E-state index in [-0.39, 0.29) is 5.75 Å². The molecule has 26 heavy (non-hydrogen) atoms. The molecule has 0 atom stereocenters. The van der Waals surface area contributed by atoms with Gasteiger partial charge in [-0.1, -0.05) is 17.5 Å². The van der Waals surface area contributed by atoms with Crippen molar-refractivity contribution in [2.24, 2.45) is 0 Å². The fraction of sp³-hybridized carbons (Fsp3) is 0.111. The monoisotopic (exact) mass is 377 g/mol. The summed E-state index contributed by atoms with van der Waals surface area (Å²) >= 11 is 5.81. The Labute approximate surface area is 152 Å². The van der Waals surface area contributed by atoms with Gasteiger partial charge in [0.25, 0.3) is 0 Å². The van der Waals surface area contributed by atoms with Crippen molar-refractivity contribution >= 4 is 11.6 Å². The van der Waals surface area contributed by atoms with Crippen LogP contribution in [0.2, 0.25) is 5.15 Å². The van der Waals surface area contributed by atoms with Crippen LogP contribution in [0.3, 0.4) is 0 Å². The molecule has 0 fully saturated rings. The van der Waals surface area contributed by atoms with Gasteiger partial charge >= 0.3 is 6.36 Å². The zero-order valence-corrected chi connectivity index (χ0v) is 14.1. The predicted molar refractivity (Wildman–Crippen MR) is 90.2 cm³/mol. The minimum Gasteiger partial charge on any atom is -0.406 e. The number of nitrogens with zero attached hydrogens (tertiary/aromatic N) is 3. The lowest BCUT2D eigenvalue weighted by Gasteiger charge is -2.09. The van der Waals surface area contributed by atoms with E-state index in [1.54, 1.807) is 29.1 Å². The second kappa shape index (κ2) is 7.10. The van der Waals surface area contributed by atoms with Gasteiger partial charge in [0.2, 0.25) is 0 Å². The molecule has 0 saturated heterocycles. The van der Waals surface area contributed by atoms with Gasteiger partial charge in [0, 0.05) is 17.5 Å². The summed E-state index contributed by atoms with van der Waals surface area (Å²) in [7, 11) is 0. The first-order valence-corrected chi connectivity index (χ1v) is 7.74. The molecule has 0 bridgehead atoms. The van der Waals surface area contributed by atoms with Crippen LogP contribution in [-0.2, 0) is 0 Å². The van der Waals surface area contributed by atoms with Crippen LogP contribution < -0.4 is 4.74 Å². The van der Waals surface area contributed by atoms with Crippen molar-refractivity contribution in [2.75, 3.05) is 0 Å². The Kier molecular flexibility index (Phi) is 4.87. The number of halogens is 4. The summed E-state index contributed by atoms with van der Waals surface area (Å²) < 4.78 is 42.1. The van der Waals surface area contributed by atoms with Gasteiger partial charge in [-0.3, -0.25) is 0 Å². The third-order valence-corrected chi connectivity index (χ3v) is 3.47. The first-order valence-electron chi connectivity index (χ1n) is 7.36. The van der Waals surface area contributed by atoms with E-state index in [9.17, 15) is 13.2 Å². The Morgan fingerprint density at radius 3 is 2.46 bits per heavy atom. The van der Waals surface area contributed by atoms with Crippen LogP contribution in [0.5, 0.6) is 5.75 Å². The maximum atomic E-state index is 12.2. The summed E-state index contributed by atoms with van der Waals surface area (Å²) in [6, 6.07) is 10.6. The number of hydrogen-bond acceptors (Lipinski definition) is 3. The summed E-state index contributed by atoms with van der Waals surface area (Å²) in [4.78, 5) is 3.88. The number of alkyl halides is 3. The topological polar surface area (TPSA) is 39.9 Å². The molecule has 2 aromatic heterocycles. The first-order chi connectivity index (χ1) is 12.3. The largest absolute Gasteiger partial charge is 0.573 e. The molecule has 3 rings (SSSR count). The molecule has 0 aliphatic heterocycles. The van der Waals surface area contributed by atoms with Gasteiger partial charge in [-0.25, -0.2) is 9.67 Å². The molecule has 3 aromatic rings. The maximum Gasteiger partial charge on any atom is 0.573 e. The van der Waals surface area contributed by atoms with Crippen molar-refractivity contribution in [2.45, 2.75) is 13.3 Å². The molecule has 0 unspecified atom stereocenters. The number of pyridine rings is 1. The van der Waals surface area contributed by atoms with E-state index in [0.717, 1.165) is 5.69 Å². The molecule has 0 amide bonds. The van der Waals surface area contributed by atoms with Crippen molar-refractivity contribution in [1.82, 2.24) is 14.8 Å². The molecule has 0 aliphatic rings. The summed E-state index contributed by atoms with van der Waals surface area (Å²) in [5, 5.41) is 4.70. The highest BCUT2D eigenvalue weighted by Gasteiger charge is 2.30. The lowest BCUT2D eigenvalue weighted by Crippen LogP contribution is -2.17. The average molecular weight is 378 g/mol. The van der Waals surface area contributed by atoms with E-state index in [1.165, 1.54) is 24.3 Å². The summed E-state index contributed by atoms with van der Waals surface area (Å²) in [6.07, 6.45) is -3.16. The van der Waals surface area contributed by atoms with Crippen molar-refractivity contribution in [3.05, 3.63) is 70.8 Å². The highest BCUT2D eigenvalue weighted by atomic mass is 35.5. The van der Waals surface area contributed by atoms with Crippen molar-refractivity contribution in [3.63, 3.8) is 0 Å². The molecule has 8 heteroatoms. The van der Waals surface area contributed by atoms with Gasteiger partial charge in [-0.05, 0) is 55.3 Å². The van der Waals surface area contributed by atoms with Crippen molar-refractivity contribution < 1.29 is 17.9 Å². The number of aryl methyl sites for hydroxylation is 1. The van der Waals surface area contributed by atoms with Crippen LogP contribution in [0.15, 0.2) is 48.7 Å². The van der Waals surface area contributed by atoms with Crippen LogP contribution in [0.25, 0.3) is 5.69 Å². The van der Waals surface area contributed by atoms with E-state index >= 15 is 0 Å². The zero-order valence-electron chi connectivity index (χ0n) is 13.4. The van der Waals surface area contributed by atoms with E-state index in [1.807, 2.05) is 6.92 Å². The van der Waals surface area contributed by atoms with Crippen molar-refractivity contribution in [3.8, 4) is 23.3 Å². The fourth-order valence-corrected chi connectivity index (χ4v) is 2.38. The molecule has 0 spiro atoms. The highest BCUT2D eigenvalue weighted by Crippen LogP contribution is 2.24. The van der Waals surface area contributed by atoms with Gasteiger partial charge in [0.1, 0.15) is 16.6 Å². The van der Waals surface area contributed by atoms with Gasteiger partial charge in [-0.2, -0.15) is 5.10 Å². The second-order valence-corrected chi connectivity index (χ2v) is 5.63. The standard InChI is InChI=1S/C18H11ClF3N3O/c1-12-10-14(3-2-13-8-9-23-17(19)11-13)24-25(12)15-4-6-16(7-5-15)26-18(20,21)22/h4-11H,1H3. The van der Waals surface area contributed by atoms with Crippen LogP contribution in [0, 0.1) is 18.8 Å². The molecule has 0 saturated carbocycles. The third-order valence-electron chi connectivity index (χ3n) is 3.26. The summed E-state index contributed by atoms with van der Waals surface area (Å²) in [5.74, 6) is 5.56. The maximum absolute atomic E-state index is 12.2. The SMILES string of the molecule is Cc1cc(C#Cc2ccnc(Cl)c2)nn1-c1ccc(OC(F)(F)F)cc1. The Morgan fingerprint density at radius 1 is 1.08 bits per heavy atom. The van der Waals surface area contributed by atoms with Gasteiger partial charge < -0.3 is 4.74 Å². The number of ether oxygens (including phenoxy) is 1. The molecule has 0 aliphatic carbocycles. The Balaban J connectivity index is 1.82. The molecule has 0 N–H and O–H groups in total.